The first kappa shape index (κ1) is 7.91. The lowest BCUT2D eigenvalue weighted by Gasteiger charge is -1.99. The molecule has 0 unspecified atom stereocenters. The molecule has 60 valence electrons. The van der Waals surface area contributed by atoms with Crippen molar-refractivity contribution in [1.82, 2.24) is 15.0 Å². The summed E-state index contributed by atoms with van der Waals surface area (Å²) in [5.74, 6) is 1.87. The maximum Gasteiger partial charge on any atom is 0.223 e. The van der Waals surface area contributed by atoms with Gasteiger partial charge in [-0.05, 0) is 0 Å². The monoisotopic (exact) mass is 152 g/mol. The van der Waals surface area contributed by atoms with Crippen LogP contribution in [0.1, 0.15) is 25.5 Å². The molecule has 0 amide bonds. The van der Waals surface area contributed by atoms with Crippen LogP contribution in [0.15, 0.2) is 0 Å². The number of aryl methyl sites for hydroxylation is 2. The van der Waals surface area contributed by atoms with Crippen LogP contribution < -0.4 is 5.73 Å². The van der Waals surface area contributed by atoms with Crippen molar-refractivity contribution in [2.75, 3.05) is 5.73 Å². The lowest BCUT2D eigenvalue weighted by atomic mass is 10.4. The third-order valence-electron chi connectivity index (χ3n) is 1.38. The van der Waals surface area contributed by atoms with E-state index in [0.717, 1.165) is 24.5 Å². The topological polar surface area (TPSA) is 64.7 Å². The van der Waals surface area contributed by atoms with Crippen molar-refractivity contribution in [3.63, 3.8) is 0 Å². The second kappa shape index (κ2) is 3.27. The van der Waals surface area contributed by atoms with Crippen LogP contribution in [0.2, 0.25) is 0 Å². The molecule has 0 aliphatic rings. The number of nitrogen functional groups attached to an aromatic ring is 1. The summed E-state index contributed by atoms with van der Waals surface area (Å²) in [7, 11) is 0. The minimum absolute atomic E-state index is 0.328. The number of anilines is 1. The predicted octanol–water partition coefficient (Wildman–Crippen LogP) is 0.579. The molecule has 1 rings (SSSR count). The molecular weight excluding hydrogens is 140 g/mol. The molecule has 4 heteroatoms. The first-order valence-electron chi connectivity index (χ1n) is 3.75. The van der Waals surface area contributed by atoms with Gasteiger partial charge in [0.1, 0.15) is 11.6 Å². The number of nitrogens with two attached hydrogens (primary N) is 1. The van der Waals surface area contributed by atoms with Crippen LogP contribution in [0.4, 0.5) is 5.95 Å². The minimum Gasteiger partial charge on any atom is -0.368 e. The van der Waals surface area contributed by atoms with E-state index in [0.29, 0.717) is 5.95 Å². The van der Waals surface area contributed by atoms with Crippen molar-refractivity contribution >= 4 is 5.95 Å². The van der Waals surface area contributed by atoms with E-state index in [1.807, 2.05) is 13.8 Å². The Kier molecular flexibility index (Phi) is 2.36. The zero-order valence-corrected chi connectivity index (χ0v) is 6.83. The largest absolute Gasteiger partial charge is 0.368 e. The Bertz CT molecular complexity index is 224. The fourth-order valence-corrected chi connectivity index (χ4v) is 0.805. The van der Waals surface area contributed by atoms with E-state index in [9.17, 15) is 0 Å². The van der Waals surface area contributed by atoms with E-state index < -0.39 is 0 Å². The van der Waals surface area contributed by atoms with Gasteiger partial charge in [-0.15, -0.1) is 0 Å². The lowest BCUT2D eigenvalue weighted by molar-refractivity contribution is 0.834. The van der Waals surface area contributed by atoms with E-state index in [1.54, 1.807) is 0 Å². The molecule has 0 aliphatic heterocycles. The summed E-state index contributed by atoms with van der Waals surface area (Å²) in [6.07, 6.45) is 1.61. The highest BCUT2D eigenvalue weighted by Gasteiger charge is 1.99. The molecule has 2 N–H and O–H groups in total. The van der Waals surface area contributed by atoms with Crippen LogP contribution >= 0.6 is 0 Å². The van der Waals surface area contributed by atoms with Crippen molar-refractivity contribution in [3.05, 3.63) is 11.6 Å². The molecule has 0 aliphatic carbocycles. The molecule has 0 bridgehead atoms. The third-order valence-corrected chi connectivity index (χ3v) is 1.38. The number of rotatable bonds is 2. The van der Waals surface area contributed by atoms with E-state index in [1.165, 1.54) is 0 Å². The van der Waals surface area contributed by atoms with Gasteiger partial charge in [-0.1, -0.05) is 13.8 Å². The van der Waals surface area contributed by atoms with Gasteiger partial charge in [0, 0.05) is 12.8 Å². The van der Waals surface area contributed by atoms with Gasteiger partial charge in [0.05, 0.1) is 0 Å². The molecule has 0 radical (unpaired) electrons. The van der Waals surface area contributed by atoms with Gasteiger partial charge in [0.2, 0.25) is 5.95 Å². The number of aromatic nitrogens is 3. The first-order chi connectivity index (χ1) is 5.26. The maximum absolute atomic E-state index is 5.45. The van der Waals surface area contributed by atoms with Crippen LogP contribution in [0, 0.1) is 0 Å². The Hall–Kier alpha value is -1.19. The summed E-state index contributed by atoms with van der Waals surface area (Å²) in [6.45, 7) is 3.99. The highest BCUT2D eigenvalue weighted by molar-refractivity contribution is 5.15. The van der Waals surface area contributed by atoms with E-state index >= 15 is 0 Å². The Morgan fingerprint density at radius 3 is 1.82 bits per heavy atom. The van der Waals surface area contributed by atoms with Crippen LogP contribution in [0.5, 0.6) is 0 Å². The van der Waals surface area contributed by atoms with Crippen LogP contribution in [0.25, 0.3) is 0 Å². The maximum atomic E-state index is 5.45. The quantitative estimate of drug-likeness (QED) is 0.673. The SMILES string of the molecule is CCc1nc(N)nc(CC)n1. The molecule has 0 saturated heterocycles. The van der Waals surface area contributed by atoms with Crippen molar-refractivity contribution in [1.29, 1.82) is 0 Å². The van der Waals surface area contributed by atoms with Gasteiger partial charge in [0.25, 0.3) is 0 Å². The lowest BCUT2D eigenvalue weighted by Crippen LogP contribution is -2.05. The minimum atomic E-state index is 0.328. The third kappa shape index (κ3) is 1.86. The summed E-state index contributed by atoms with van der Waals surface area (Å²) in [4.78, 5) is 12.1. The van der Waals surface area contributed by atoms with E-state index in [4.69, 9.17) is 5.73 Å². The Labute approximate surface area is 65.9 Å². The van der Waals surface area contributed by atoms with Crippen molar-refractivity contribution < 1.29 is 0 Å². The summed E-state index contributed by atoms with van der Waals surface area (Å²) < 4.78 is 0. The van der Waals surface area contributed by atoms with Gasteiger partial charge in [-0.3, -0.25) is 0 Å². The highest BCUT2D eigenvalue weighted by atomic mass is 15.1. The zero-order valence-electron chi connectivity index (χ0n) is 6.83. The Morgan fingerprint density at radius 1 is 1.00 bits per heavy atom. The first-order valence-corrected chi connectivity index (χ1v) is 3.75. The van der Waals surface area contributed by atoms with Crippen LogP contribution in [-0.4, -0.2) is 15.0 Å². The van der Waals surface area contributed by atoms with Gasteiger partial charge in [-0.25, -0.2) is 4.98 Å². The number of hydrogen-bond donors (Lipinski definition) is 1. The average molecular weight is 152 g/mol. The highest BCUT2D eigenvalue weighted by Crippen LogP contribution is 1.98. The molecule has 1 aromatic heterocycles. The zero-order chi connectivity index (χ0) is 8.27. The van der Waals surface area contributed by atoms with Gasteiger partial charge in [0.15, 0.2) is 0 Å². The van der Waals surface area contributed by atoms with Gasteiger partial charge < -0.3 is 5.73 Å². The molecule has 1 heterocycles. The molecule has 11 heavy (non-hydrogen) atoms. The summed E-state index contributed by atoms with van der Waals surface area (Å²) in [6, 6.07) is 0. The molecule has 1 aromatic rings. The van der Waals surface area contributed by atoms with Gasteiger partial charge >= 0.3 is 0 Å². The number of nitrogens with zero attached hydrogens (tertiary/aromatic N) is 3. The summed E-state index contributed by atoms with van der Waals surface area (Å²) in [5.41, 5.74) is 5.45. The van der Waals surface area contributed by atoms with E-state index in [-0.39, 0.29) is 0 Å². The standard InChI is InChI=1S/C7H12N4/c1-3-5-9-6(4-2)11-7(8)10-5/h3-4H2,1-2H3,(H2,8,9,10,11). The Balaban J connectivity index is 3.02. The summed E-state index contributed by atoms with van der Waals surface area (Å²) in [5, 5.41) is 0. The normalized spacial score (nSPS) is 10.0. The number of hydrogen-bond acceptors (Lipinski definition) is 4. The van der Waals surface area contributed by atoms with Crippen molar-refractivity contribution in [3.8, 4) is 0 Å². The molecule has 0 saturated carbocycles. The molecule has 0 fully saturated rings. The Morgan fingerprint density at radius 2 is 1.45 bits per heavy atom. The second-order valence-electron chi connectivity index (χ2n) is 2.23. The van der Waals surface area contributed by atoms with Crippen molar-refractivity contribution in [2.45, 2.75) is 26.7 Å². The molecule has 4 nitrogen and oxygen atoms in total. The molecule has 0 atom stereocenters. The van der Waals surface area contributed by atoms with Crippen LogP contribution in [0.3, 0.4) is 0 Å². The van der Waals surface area contributed by atoms with Gasteiger partial charge in [-0.2, -0.15) is 9.97 Å². The molecular formula is C7H12N4. The van der Waals surface area contributed by atoms with E-state index in [2.05, 4.69) is 15.0 Å². The smallest absolute Gasteiger partial charge is 0.223 e. The average Bonchev–Trinajstić information content (AvgIpc) is 2.03. The van der Waals surface area contributed by atoms with Crippen LogP contribution in [-0.2, 0) is 12.8 Å². The van der Waals surface area contributed by atoms with Crippen molar-refractivity contribution in [2.24, 2.45) is 0 Å². The predicted molar refractivity (Wildman–Crippen MR) is 43.0 cm³/mol. The second-order valence-corrected chi connectivity index (χ2v) is 2.23. The fraction of sp³-hybridized carbons (Fsp3) is 0.571. The summed E-state index contributed by atoms with van der Waals surface area (Å²) >= 11 is 0. The molecule has 0 spiro atoms. The molecule has 0 aromatic carbocycles. The fourth-order valence-electron chi connectivity index (χ4n) is 0.805.